The lowest BCUT2D eigenvalue weighted by Crippen LogP contribution is -2.50. The van der Waals surface area contributed by atoms with Gasteiger partial charge in [0.2, 0.25) is 0 Å². The molecule has 19 heavy (non-hydrogen) atoms. The van der Waals surface area contributed by atoms with E-state index in [1.165, 1.54) is 0 Å². The lowest BCUT2D eigenvalue weighted by molar-refractivity contribution is -0.0766. The number of amides is 1. The van der Waals surface area contributed by atoms with Crippen LogP contribution in [0.2, 0.25) is 0 Å². The van der Waals surface area contributed by atoms with Gasteiger partial charge in [-0.25, -0.2) is 0 Å². The number of ether oxygens (including phenoxy) is 1. The Kier molecular flexibility index (Phi) is 4.06. The van der Waals surface area contributed by atoms with E-state index in [9.17, 15) is 4.79 Å². The number of aromatic nitrogens is 1. The van der Waals surface area contributed by atoms with E-state index in [1.807, 2.05) is 35.6 Å². The molecule has 0 spiro atoms. The number of hydrogen-bond acceptors (Lipinski definition) is 2. The number of morpholine rings is 1. The molecule has 5 heteroatoms. The van der Waals surface area contributed by atoms with E-state index >= 15 is 0 Å². The molecule has 2 rings (SSSR count). The fourth-order valence-corrected chi connectivity index (χ4v) is 2.83. The fourth-order valence-electron chi connectivity index (χ4n) is 2.40. The van der Waals surface area contributed by atoms with Gasteiger partial charge in [0.15, 0.2) is 0 Å². The third kappa shape index (κ3) is 3.20. The Bertz CT molecular complexity index is 480. The van der Waals surface area contributed by atoms with Crippen LogP contribution in [0.5, 0.6) is 0 Å². The van der Waals surface area contributed by atoms with Gasteiger partial charge in [0.05, 0.1) is 12.2 Å². The summed E-state index contributed by atoms with van der Waals surface area (Å²) in [6, 6.07) is 2.16. The number of halogens is 1. The first-order valence-corrected chi connectivity index (χ1v) is 7.40. The van der Waals surface area contributed by atoms with Crippen molar-refractivity contribution in [1.82, 2.24) is 9.47 Å². The van der Waals surface area contributed by atoms with Crippen molar-refractivity contribution in [3.05, 3.63) is 22.4 Å². The first-order valence-electron chi connectivity index (χ1n) is 6.61. The maximum atomic E-state index is 12.7. The van der Waals surface area contributed by atoms with Crippen LogP contribution < -0.4 is 0 Å². The SMILES string of the molecule is CC(C)n1cc(Br)cc1C(=O)N1CCOC(C)(C)C1. The van der Waals surface area contributed by atoms with Crippen molar-refractivity contribution in [3.8, 4) is 0 Å². The van der Waals surface area contributed by atoms with E-state index in [0.717, 1.165) is 10.2 Å². The molecule has 1 aromatic heterocycles. The Hall–Kier alpha value is -0.810. The van der Waals surface area contributed by atoms with Crippen LogP contribution in [-0.4, -0.2) is 40.7 Å². The zero-order chi connectivity index (χ0) is 14.2. The molecule has 0 unspecified atom stereocenters. The average Bonchev–Trinajstić information content (AvgIpc) is 2.69. The largest absolute Gasteiger partial charge is 0.372 e. The molecule has 0 aliphatic carbocycles. The summed E-state index contributed by atoms with van der Waals surface area (Å²) in [7, 11) is 0. The van der Waals surface area contributed by atoms with Gasteiger partial charge in [-0.2, -0.15) is 0 Å². The first kappa shape index (κ1) is 14.6. The second-order valence-electron chi connectivity index (χ2n) is 5.88. The molecule has 0 atom stereocenters. The van der Waals surface area contributed by atoms with Gasteiger partial charge in [-0.05, 0) is 49.7 Å². The zero-order valence-electron chi connectivity index (χ0n) is 11.9. The van der Waals surface area contributed by atoms with Crippen LogP contribution in [0.1, 0.15) is 44.2 Å². The van der Waals surface area contributed by atoms with Crippen LogP contribution in [0, 0.1) is 0 Å². The van der Waals surface area contributed by atoms with E-state index < -0.39 is 0 Å². The lowest BCUT2D eigenvalue weighted by Gasteiger charge is -2.38. The maximum absolute atomic E-state index is 12.7. The predicted molar refractivity (Wildman–Crippen MR) is 78.5 cm³/mol. The van der Waals surface area contributed by atoms with Crippen molar-refractivity contribution in [3.63, 3.8) is 0 Å². The summed E-state index contributed by atoms with van der Waals surface area (Å²) < 4.78 is 8.61. The number of rotatable bonds is 2. The molecule has 0 bridgehead atoms. The highest BCUT2D eigenvalue weighted by molar-refractivity contribution is 9.10. The van der Waals surface area contributed by atoms with E-state index in [0.29, 0.717) is 19.7 Å². The first-order chi connectivity index (χ1) is 8.80. The summed E-state index contributed by atoms with van der Waals surface area (Å²) in [4.78, 5) is 14.5. The quantitative estimate of drug-likeness (QED) is 0.836. The van der Waals surface area contributed by atoms with Gasteiger partial charge in [-0.15, -0.1) is 0 Å². The topological polar surface area (TPSA) is 34.5 Å². The van der Waals surface area contributed by atoms with Gasteiger partial charge in [0.1, 0.15) is 5.69 Å². The van der Waals surface area contributed by atoms with Crippen LogP contribution in [0.15, 0.2) is 16.7 Å². The van der Waals surface area contributed by atoms with E-state index in [2.05, 4.69) is 29.8 Å². The van der Waals surface area contributed by atoms with Crippen LogP contribution in [0.4, 0.5) is 0 Å². The highest BCUT2D eigenvalue weighted by Gasteiger charge is 2.31. The van der Waals surface area contributed by atoms with Gasteiger partial charge in [0.25, 0.3) is 5.91 Å². The Morgan fingerprint density at radius 3 is 2.74 bits per heavy atom. The average molecular weight is 329 g/mol. The highest BCUT2D eigenvalue weighted by atomic mass is 79.9. The Morgan fingerprint density at radius 2 is 2.16 bits per heavy atom. The molecule has 1 amide bonds. The minimum atomic E-state index is -0.263. The highest BCUT2D eigenvalue weighted by Crippen LogP contribution is 2.23. The molecule has 4 nitrogen and oxygen atoms in total. The summed E-state index contributed by atoms with van der Waals surface area (Å²) in [6.07, 6.45) is 1.96. The number of carbonyl (C=O) groups excluding carboxylic acids is 1. The van der Waals surface area contributed by atoms with Crippen molar-refractivity contribution in [2.24, 2.45) is 0 Å². The summed E-state index contributed by atoms with van der Waals surface area (Å²) in [5.41, 5.74) is 0.472. The minimum Gasteiger partial charge on any atom is -0.372 e. The Labute approximate surface area is 122 Å². The molecule has 1 saturated heterocycles. The number of nitrogens with zero attached hydrogens (tertiary/aromatic N) is 2. The van der Waals surface area contributed by atoms with Crippen molar-refractivity contribution in [2.75, 3.05) is 19.7 Å². The van der Waals surface area contributed by atoms with Crippen LogP contribution in [0.25, 0.3) is 0 Å². The summed E-state index contributed by atoms with van der Waals surface area (Å²) in [6.45, 7) is 10.1. The van der Waals surface area contributed by atoms with Crippen molar-refractivity contribution >= 4 is 21.8 Å². The number of carbonyl (C=O) groups is 1. The Morgan fingerprint density at radius 1 is 1.47 bits per heavy atom. The molecule has 0 saturated carbocycles. The lowest BCUT2D eigenvalue weighted by atomic mass is 10.1. The third-order valence-electron chi connectivity index (χ3n) is 3.30. The molecular formula is C14H21BrN2O2. The third-order valence-corrected chi connectivity index (χ3v) is 3.74. The molecule has 0 aromatic carbocycles. The van der Waals surface area contributed by atoms with E-state index in [4.69, 9.17) is 4.74 Å². The van der Waals surface area contributed by atoms with Crippen LogP contribution in [-0.2, 0) is 4.74 Å². The van der Waals surface area contributed by atoms with Gasteiger partial charge in [-0.3, -0.25) is 4.79 Å². The molecular weight excluding hydrogens is 308 g/mol. The van der Waals surface area contributed by atoms with Gasteiger partial charge >= 0.3 is 0 Å². The molecule has 0 radical (unpaired) electrons. The van der Waals surface area contributed by atoms with Gasteiger partial charge in [-0.1, -0.05) is 0 Å². The van der Waals surface area contributed by atoms with Gasteiger partial charge in [0, 0.05) is 29.8 Å². The fraction of sp³-hybridized carbons (Fsp3) is 0.643. The van der Waals surface area contributed by atoms with Crippen molar-refractivity contribution in [1.29, 1.82) is 0 Å². The van der Waals surface area contributed by atoms with Crippen LogP contribution in [0.3, 0.4) is 0 Å². The smallest absolute Gasteiger partial charge is 0.270 e. The minimum absolute atomic E-state index is 0.0794. The maximum Gasteiger partial charge on any atom is 0.270 e. The van der Waals surface area contributed by atoms with Gasteiger partial charge < -0.3 is 14.2 Å². The summed E-state index contributed by atoms with van der Waals surface area (Å²) in [5, 5.41) is 0. The second kappa shape index (κ2) is 5.29. The second-order valence-corrected chi connectivity index (χ2v) is 6.80. The summed E-state index contributed by atoms with van der Waals surface area (Å²) >= 11 is 3.45. The molecule has 1 aliphatic rings. The molecule has 1 aliphatic heterocycles. The Balaban J connectivity index is 2.24. The van der Waals surface area contributed by atoms with Crippen LogP contribution >= 0.6 is 15.9 Å². The van der Waals surface area contributed by atoms with E-state index in [-0.39, 0.29) is 17.6 Å². The molecule has 2 heterocycles. The molecule has 106 valence electrons. The predicted octanol–water partition coefficient (Wildman–Crippen LogP) is 3.08. The monoisotopic (exact) mass is 328 g/mol. The number of hydrogen-bond donors (Lipinski definition) is 0. The van der Waals surface area contributed by atoms with Crippen molar-refractivity contribution < 1.29 is 9.53 Å². The summed E-state index contributed by atoms with van der Waals surface area (Å²) in [5.74, 6) is 0.0794. The molecule has 1 aromatic rings. The van der Waals surface area contributed by atoms with Crippen molar-refractivity contribution in [2.45, 2.75) is 39.3 Å². The zero-order valence-corrected chi connectivity index (χ0v) is 13.5. The van der Waals surface area contributed by atoms with E-state index in [1.54, 1.807) is 0 Å². The molecule has 0 N–H and O–H groups in total. The standard InChI is InChI=1S/C14H21BrN2O2/c1-10(2)17-8-11(15)7-12(17)13(18)16-5-6-19-14(3,4)9-16/h7-8,10H,5-6,9H2,1-4H3. The molecule has 1 fully saturated rings. The normalized spacial score (nSPS) is 18.9.